The molecule has 1 amide bonds. The smallest absolute Gasteiger partial charge is 0.237 e. The van der Waals surface area contributed by atoms with Gasteiger partial charge in [-0.15, -0.1) is 5.10 Å². The molecule has 1 N–H and O–H groups in total. The number of nitrogens with one attached hydrogen (secondary N) is 1. The van der Waals surface area contributed by atoms with E-state index >= 15 is 0 Å². The Morgan fingerprint density at radius 2 is 1.96 bits per heavy atom. The molecular formula is C18H18FN5OS. The Labute approximate surface area is 154 Å². The van der Waals surface area contributed by atoms with E-state index in [4.69, 9.17) is 0 Å². The zero-order valence-corrected chi connectivity index (χ0v) is 15.4. The molecule has 6 nitrogen and oxygen atoms in total. The van der Waals surface area contributed by atoms with Gasteiger partial charge in [0.15, 0.2) is 0 Å². The van der Waals surface area contributed by atoms with Crippen LogP contribution in [0.15, 0.2) is 47.6 Å². The molecule has 0 saturated carbocycles. The number of thioether (sulfide) groups is 1. The molecule has 1 heterocycles. The van der Waals surface area contributed by atoms with Crippen LogP contribution < -0.4 is 5.32 Å². The Morgan fingerprint density at radius 1 is 1.19 bits per heavy atom. The fraction of sp³-hybridized carbons (Fsp3) is 0.222. The van der Waals surface area contributed by atoms with E-state index in [1.54, 1.807) is 23.7 Å². The van der Waals surface area contributed by atoms with Crippen molar-refractivity contribution in [2.24, 2.45) is 0 Å². The topological polar surface area (TPSA) is 72.7 Å². The lowest BCUT2D eigenvalue weighted by atomic mass is 10.1. The first-order chi connectivity index (χ1) is 12.5. The number of aromatic nitrogens is 4. The van der Waals surface area contributed by atoms with E-state index in [2.05, 4.69) is 20.8 Å². The first kappa shape index (κ1) is 18.1. The summed E-state index contributed by atoms with van der Waals surface area (Å²) >= 11 is 1.21. The van der Waals surface area contributed by atoms with Gasteiger partial charge in [-0.3, -0.25) is 4.79 Å². The van der Waals surface area contributed by atoms with Crippen LogP contribution in [0.2, 0.25) is 0 Å². The van der Waals surface area contributed by atoms with Crippen molar-refractivity contribution in [1.29, 1.82) is 0 Å². The van der Waals surface area contributed by atoms with Crippen LogP contribution in [0.4, 0.5) is 10.1 Å². The minimum absolute atomic E-state index is 0.152. The van der Waals surface area contributed by atoms with Gasteiger partial charge in [0.25, 0.3) is 0 Å². The molecule has 1 aromatic heterocycles. The molecule has 3 rings (SSSR count). The lowest BCUT2D eigenvalue weighted by molar-refractivity contribution is -0.115. The molecule has 0 spiro atoms. The van der Waals surface area contributed by atoms with Gasteiger partial charge in [0.05, 0.1) is 16.6 Å². The molecule has 0 fully saturated rings. The maximum Gasteiger partial charge on any atom is 0.237 e. The van der Waals surface area contributed by atoms with Crippen LogP contribution in [0.25, 0.3) is 5.69 Å². The second-order valence-electron chi connectivity index (χ2n) is 5.87. The Balaban J connectivity index is 1.75. The summed E-state index contributed by atoms with van der Waals surface area (Å²) in [5.74, 6) is -0.798. The number of para-hydroxylation sites is 1. The highest BCUT2D eigenvalue weighted by atomic mass is 32.2. The third-order valence-electron chi connectivity index (χ3n) is 3.96. The summed E-state index contributed by atoms with van der Waals surface area (Å²) in [7, 11) is 0. The molecule has 0 unspecified atom stereocenters. The summed E-state index contributed by atoms with van der Waals surface area (Å²) in [6.07, 6.45) is 0. The number of carbonyl (C=O) groups is 1. The van der Waals surface area contributed by atoms with E-state index in [-0.39, 0.29) is 11.6 Å². The Hall–Kier alpha value is -2.74. The van der Waals surface area contributed by atoms with E-state index in [1.807, 2.05) is 32.0 Å². The van der Waals surface area contributed by atoms with Crippen molar-refractivity contribution >= 4 is 23.4 Å². The lowest BCUT2D eigenvalue weighted by Crippen LogP contribution is -2.23. The van der Waals surface area contributed by atoms with Gasteiger partial charge >= 0.3 is 0 Å². The second-order valence-corrected chi connectivity index (χ2v) is 7.18. The van der Waals surface area contributed by atoms with E-state index in [9.17, 15) is 9.18 Å². The van der Waals surface area contributed by atoms with Gasteiger partial charge < -0.3 is 5.32 Å². The molecule has 26 heavy (non-hydrogen) atoms. The number of benzene rings is 2. The second kappa shape index (κ2) is 7.65. The molecule has 0 bridgehead atoms. The summed E-state index contributed by atoms with van der Waals surface area (Å²) in [6, 6.07) is 12.0. The SMILES string of the molecule is Cc1ccc(-n2nnnc2S[C@@H](C)C(=O)Nc2ccccc2F)cc1C. The zero-order chi connectivity index (χ0) is 18.7. The number of amides is 1. The molecule has 0 radical (unpaired) electrons. The molecule has 1 atom stereocenters. The van der Waals surface area contributed by atoms with Gasteiger partial charge in [-0.25, -0.2) is 4.39 Å². The molecule has 0 aliphatic carbocycles. The molecule has 3 aromatic rings. The van der Waals surface area contributed by atoms with Crippen molar-refractivity contribution in [3.8, 4) is 5.69 Å². The minimum atomic E-state index is -0.508. The molecule has 0 saturated heterocycles. The van der Waals surface area contributed by atoms with Crippen LogP contribution in [0, 0.1) is 19.7 Å². The largest absolute Gasteiger partial charge is 0.323 e. The Kier molecular flexibility index (Phi) is 5.32. The zero-order valence-electron chi connectivity index (χ0n) is 14.6. The number of hydrogen-bond acceptors (Lipinski definition) is 5. The third kappa shape index (κ3) is 3.91. The van der Waals surface area contributed by atoms with Gasteiger partial charge in [0, 0.05) is 0 Å². The Morgan fingerprint density at radius 3 is 2.69 bits per heavy atom. The summed E-state index contributed by atoms with van der Waals surface area (Å²) in [5, 5.41) is 14.3. The third-order valence-corrected chi connectivity index (χ3v) is 4.99. The van der Waals surface area contributed by atoms with E-state index < -0.39 is 11.1 Å². The van der Waals surface area contributed by atoms with Crippen molar-refractivity contribution in [2.75, 3.05) is 5.32 Å². The maximum atomic E-state index is 13.7. The highest BCUT2D eigenvalue weighted by molar-refractivity contribution is 8.00. The monoisotopic (exact) mass is 371 g/mol. The predicted molar refractivity (Wildman–Crippen MR) is 99.0 cm³/mol. The van der Waals surface area contributed by atoms with Crippen molar-refractivity contribution in [3.63, 3.8) is 0 Å². The van der Waals surface area contributed by atoms with Crippen molar-refractivity contribution in [1.82, 2.24) is 20.2 Å². The fourth-order valence-corrected chi connectivity index (χ4v) is 3.09. The molecule has 2 aromatic carbocycles. The number of halogens is 1. The van der Waals surface area contributed by atoms with Crippen molar-refractivity contribution in [2.45, 2.75) is 31.2 Å². The van der Waals surface area contributed by atoms with E-state index in [1.165, 1.54) is 29.5 Å². The highest BCUT2D eigenvalue weighted by Gasteiger charge is 2.20. The number of aryl methyl sites for hydroxylation is 2. The molecule has 8 heteroatoms. The lowest BCUT2D eigenvalue weighted by Gasteiger charge is -2.12. The van der Waals surface area contributed by atoms with Crippen LogP contribution in [0.1, 0.15) is 18.1 Å². The fourth-order valence-electron chi connectivity index (χ4n) is 2.28. The molecule has 0 aliphatic heterocycles. The summed E-state index contributed by atoms with van der Waals surface area (Å²) in [4.78, 5) is 12.4. The van der Waals surface area contributed by atoms with Crippen LogP contribution in [0.5, 0.6) is 0 Å². The van der Waals surface area contributed by atoms with Gasteiger partial charge in [-0.05, 0) is 66.6 Å². The van der Waals surface area contributed by atoms with Crippen LogP contribution in [-0.4, -0.2) is 31.4 Å². The molecule has 0 aliphatic rings. The summed E-state index contributed by atoms with van der Waals surface area (Å²) in [6.45, 7) is 5.77. The quantitative estimate of drug-likeness (QED) is 0.695. The number of hydrogen-bond donors (Lipinski definition) is 1. The van der Waals surface area contributed by atoms with Crippen LogP contribution in [0.3, 0.4) is 0 Å². The standard InChI is InChI=1S/C18H18FN5OS/c1-11-8-9-14(10-12(11)2)24-18(21-22-23-24)26-13(3)17(25)20-16-7-5-4-6-15(16)19/h4-10,13H,1-3H3,(H,20,25)/t13-/m0/s1. The van der Waals surface area contributed by atoms with Gasteiger partial charge in [-0.2, -0.15) is 4.68 Å². The van der Waals surface area contributed by atoms with Gasteiger partial charge in [0.2, 0.25) is 11.1 Å². The highest BCUT2D eigenvalue weighted by Crippen LogP contribution is 2.25. The van der Waals surface area contributed by atoms with Gasteiger partial charge in [0.1, 0.15) is 5.82 Å². The minimum Gasteiger partial charge on any atom is -0.323 e. The molecular weight excluding hydrogens is 353 g/mol. The number of rotatable bonds is 5. The normalized spacial score (nSPS) is 12.0. The van der Waals surface area contributed by atoms with Gasteiger partial charge in [-0.1, -0.05) is 30.0 Å². The van der Waals surface area contributed by atoms with Crippen LogP contribution >= 0.6 is 11.8 Å². The van der Waals surface area contributed by atoms with E-state index in [0.29, 0.717) is 5.16 Å². The number of anilines is 1. The summed E-state index contributed by atoms with van der Waals surface area (Å²) < 4.78 is 15.3. The Bertz CT molecular complexity index is 943. The van der Waals surface area contributed by atoms with Crippen molar-refractivity contribution in [3.05, 3.63) is 59.4 Å². The average molecular weight is 371 g/mol. The first-order valence-electron chi connectivity index (χ1n) is 8.04. The molecule has 134 valence electrons. The van der Waals surface area contributed by atoms with Crippen molar-refractivity contribution < 1.29 is 9.18 Å². The number of nitrogens with zero attached hydrogens (tertiary/aromatic N) is 4. The number of tetrazole rings is 1. The first-order valence-corrected chi connectivity index (χ1v) is 8.91. The van der Waals surface area contributed by atoms with E-state index in [0.717, 1.165) is 11.3 Å². The number of carbonyl (C=O) groups excluding carboxylic acids is 1. The summed E-state index contributed by atoms with van der Waals surface area (Å²) in [5.41, 5.74) is 3.27. The average Bonchev–Trinajstić information content (AvgIpc) is 3.07. The van der Waals surface area contributed by atoms with Crippen LogP contribution in [-0.2, 0) is 4.79 Å². The predicted octanol–water partition coefficient (Wildman–Crippen LogP) is 3.54. The maximum absolute atomic E-state index is 13.7.